The van der Waals surface area contributed by atoms with Crippen molar-refractivity contribution in [2.24, 2.45) is 7.05 Å². The maximum atomic E-state index is 6.24. The van der Waals surface area contributed by atoms with Crippen LogP contribution in [0.4, 0.5) is 0 Å². The summed E-state index contributed by atoms with van der Waals surface area (Å²) < 4.78 is 1.72. The summed E-state index contributed by atoms with van der Waals surface area (Å²) in [5, 5.41) is 8.58. The van der Waals surface area contributed by atoms with E-state index < -0.39 is 0 Å². The highest BCUT2D eigenvalue weighted by Gasteiger charge is 2.14. The first-order valence-corrected chi connectivity index (χ1v) is 7.58. The van der Waals surface area contributed by atoms with Crippen LogP contribution < -0.4 is 5.32 Å². The lowest BCUT2D eigenvalue weighted by Gasteiger charge is -2.13. The minimum atomic E-state index is 0.320. The van der Waals surface area contributed by atoms with Crippen molar-refractivity contribution in [2.45, 2.75) is 40.3 Å². The number of hydrogen-bond donors (Lipinski definition) is 1. The fourth-order valence-corrected chi connectivity index (χ4v) is 3.58. The third-order valence-electron chi connectivity index (χ3n) is 3.40. The zero-order chi connectivity index (χ0) is 14.2. The van der Waals surface area contributed by atoms with Gasteiger partial charge in [-0.3, -0.25) is 4.68 Å². The summed E-state index contributed by atoms with van der Waals surface area (Å²) in [5.41, 5.74) is 3.45. The Kier molecular flexibility index (Phi) is 4.33. The van der Waals surface area contributed by atoms with Crippen LogP contribution in [-0.4, -0.2) is 9.78 Å². The van der Waals surface area contributed by atoms with Gasteiger partial charge >= 0.3 is 0 Å². The molecule has 104 valence electrons. The Balaban J connectivity index is 2.08. The summed E-state index contributed by atoms with van der Waals surface area (Å²) in [6.45, 7) is 9.25. The van der Waals surface area contributed by atoms with E-state index in [2.05, 4.69) is 37.3 Å². The number of nitrogens with zero attached hydrogens (tertiary/aromatic N) is 2. The van der Waals surface area contributed by atoms with E-state index in [-0.39, 0.29) is 0 Å². The van der Waals surface area contributed by atoms with Gasteiger partial charge in [-0.15, -0.1) is 11.3 Å². The lowest BCUT2D eigenvalue weighted by molar-refractivity contribution is 0.572. The highest BCUT2D eigenvalue weighted by atomic mass is 35.5. The maximum Gasteiger partial charge on any atom is 0.131 e. The van der Waals surface area contributed by atoms with Gasteiger partial charge in [0.1, 0.15) is 5.15 Å². The lowest BCUT2D eigenvalue weighted by atomic mass is 10.1. The van der Waals surface area contributed by atoms with Crippen LogP contribution in [0.5, 0.6) is 0 Å². The van der Waals surface area contributed by atoms with Crippen LogP contribution >= 0.6 is 22.9 Å². The fourth-order valence-electron chi connectivity index (χ4n) is 2.32. The number of nitrogens with one attached hydrogen (secondary N) is 1. The molecule has 1 unspecified atom stereocenters. The van der Waals surface area contributed by atoms with Crippen molar-refractivity contribution < 1.29 is 0 Å². The first kappa shape index (κ1) is 14.6. The number of aromatic nitrogens is 2. The number of thiophene rings is 1. The third-order valence-corrected chi connectivity index (χ3v) is 4.86. The van der Waals surface area contributed by atoms with Gasteiger partial charge in [0, 0.05) is 35.0 Å². The summed E-state index contributed by atoms with van der Waals surface area (Å²) in [6, 6.07) is 2.58. The molecule has 5 heteroatoms. The largest absolute Gasteiger partial charge is 0.306 e. The molecule has 0 radical (unpaired) electrons. The normalized spacial score (nSPS) is 12.9. The molecule has 0 aromatic carbocycles. The van der Waals surface area contributed by atoms with Crippen LogP contribution in [-0.2, 0) is 13.6 Å². The predicted molar refractivity (Wildman–Crippen MR) is 82.0 cm³/mol. The second kappa shape index (κ2) is 5.65. The van der Waals surface area contributed by atoms with E-state index in [4.69, 9.17) is 11.6 Å². The van der Waals surface area contributed by atoms with Gasteiger partial charge in [0.2, 0.25) is 0 Å². The summed E-state index contributed by atoms with van der Waals surface area (Å²) in [5.74, 6) is 0. The molecule has 0 bridgehead atoms. The van der Waals surface area contributed by atoms with E-state index in [1.807, 2.05) is 25.3 Å². The van der Waals surface area contributed by atoms with Crippen LogP contribution in [0.3, 0.4) is 0 Å². The second-order valence-corrected chi connectivity index (χ2v) is 6.77. The molecule has 3 nitrogen and oxygen atoms in total. The lowest BCUT2D eigenvalue weighted by Crippen LogP contribution is -2.18. The zero-order valence-electron chi connectivity index (χ0n) is 12.0. The highest BCUT2D eigenvalue weighted by molar-refractivity contribution is 7.12. The monoisotopic (exact) mass is 297 g/mol. The van der Waals surface area contributed by atoms with Crippen LogP contribution in [0.25, 0.3) is 0 Å². The van der Waals surface area contributed by atoms with Crippen molar-refractivity contribution in [2.75, 3.05) is 0 Å². The van der Waals surface area contributed by atoms with Gasteiger partial charge in [-0.2, -0.15) is 5.10 Å². The number of aryl methyl sites for hydroxylation is 4. The number of halogens is 1. The average Bonchev–Trinajstić information content (AvgIpc) is 2.78. The van der Waals surface area contributed by atoms with E-state index in [0.717, 1.165) is 23.0 Å². The zero-order valence-corrected chi connectivity index (χ0v) is 13.6. The number of rotatable bonds is 4. The Bertz CT molecular complexity index is 586. The molecule has 0 spiro atoms. The van der Waals surface area contributed by atoms with Crippen molar-refractivity contribution in [1.82, 2.24) is 15.1 Å². The van der Waals surface area contributed by atoms with Gasteiger partial charge < -0.3 is 5.32 Å². The van der Waals surface area contributed by atoms with Gasteiger partial charge in [-0.1, -0.05) is 11.6 Å². The molecule has 2 rings (SSSR count). The minimum Gasteiger partial charge on any atom is -0.306 e. The van der Waals surface area contributed by atoms with Crippen molar-refractivity contribution in [3.63, 3.8) is 0 Å². The van der Waals surface area contributed by atoms with Crippen LogP contribution in [0.15, 0.2) is 6.07 Å². The van der Waals surface area contributed by atoms with Crippen molar-refractivity contribution in [3.8, 4) is 0 Å². The Morgan fingerprint density at radius 1 is 1.42 bits per heavy atom. The molecule has 19 heavy (non-hydrogen) atoms. The van der Waals surface area contributed by atoms with Gasteiger partial charge in [0.15, 0.2) is 0 Å². The molecule has 1 atom stereocenters. The molecule has 2 heterocycles. The predicted octanol–water partition coefficient (Wildman–Crippen LogP) is 3.91. The third kappa shape index (κ3) is 3.02. The average molecular weight is 298 g/mol. The van der Waals surface area contributed by atoms with E-state index >= 15 is 0 Å². The van der Waals surface area contributed by atoms with Gasteiger partial charge in [-0.25, -0.2) is 0 Å². The molecule has 2 aromatic heterocycles. The number of hydrogen-bond acceptors (Lipinski definition) is 3. The molecule has 1 N–H and O–H groups in total. The van der Waals surface area contributed by atoms with Gasteiger partial charge in [0.05, 0.1) is 5.69 Å². The van der Waals surface area contributed by atoms with E-state index in [0.29, 0.717) is 6.04 Å². The summed E-state index contributed by atoms with van der Waals surface area (Å²) in [6.07, 6.45) is 0. The Labute approximate surface area is 123 Å². The second-order valence-electron chi connectivity index (χ2n) is 4.95. The Morgan fingerprint density at radius 3 is 2.58 bits per heavy atom. The molecule has 0 fully saturated rings. The van der Waals surface area contributed by atoms with Crippen molar-refractivity contribution >= 4 is 22.9 Å². The van der Waals surface area contributed by atoms with Crippen LogP contribution in [0.2, 0.25) is 5.15 Å². The van der Waals surface area contributed by atoms with E-state index in [1.54, 1.807) is 4.68 Å². The smallest absolute Gasteiger partial charge is 0.131 e. The van der Waals surface area contributed by atoms with E-state index in [9.17, 15) is 0 Å². The molecular formula is C14H20ClN3S. The molecule has 0 saturated carbocycles. The van der Waals surface area contributed by atoms with Crippen LogP contribution in [0.1, 0.15) is 39.5 Å². The first-order chi connectivity index (χ1) is 8.90. The fraction of sp³-hybridized carbons (Fsp3) is 0.500. The van der Waals surface area contributed by atoms with E-state index in [1.165, 1.54) is 15.3 Å². The van der Waals surface area contributed by atoms with Crippen molar-refractivity contribution in [3.05, 3.63) is 37.8 Å². The van der Waals surface area contributed by atoms with Gasteiger partial charge in [0.25, 0.3) is 0 Å². The Hall–Kier alpha value is -0.840. The molecule has 0 aliphatic rings. The van der Waals surface area contributed by atoms with Gasteiger partial charge in [-0.05, 0) is 39.3 Å². The summed E-state index contributed by atoms with van der Waals surface area (Å²) in [7, 11) is 1.87. The molecule has 0 saturated heterocycles. The molecule has 2 aromatic rings. The quantitative estimate of drug-likeness (QED) is 0.927. The van der Waals surface area contributed by atoms with Crippen LogP contribution in [0, 0.1) is 20.8 Å². The first-order valence-electron chi connectivity index (χ1n) is 6.38. The Morgan fingerprint density at radius 2 is 2.11 bits per heavy atom. The summed E-state index contributed by atoms with van der Waals surface area (Å²) >= 11 is 8.09. The highest BCUT2D eigenvalue weighted by Crippen LogP contribution is 2.27. The van der Waals surface area contributed by atoms with Crippen molar-refractivity contribution in [1.29, 1.82) is 0 Å². The standard InChI is InChI=1S/C14H20ClN3S/c1-8-6-12(11(4)19-8)9(2)16-7-13-10(3)17-18(5)14(13)15/h6,9,16H,7H2,1-5H3. The molecule has 0 aliphatic carbocycles. The molecule has 0 amide bonds. The maximum absolute atomic E-state index is 6.24. The molecular weight excluding hydrogens is 278 g/mol. The minimum absolute atomic E-state index is 0.320. The molecule has 0 aliphatic heterocycles. The SMILES string of the molecule is Cc1cc(C(C)NCc2c(C)nn(C)c2Cl)c(C)s1. The topological polar surface area (TPSA) is 29.9 Å². The summed E-state index contributed by atoms with van der Waals surface area (Å²) in [4.78, 5) is 2.74.